The highest BCUT2D eigenvalue weighted by Crippen LogP contribution is 2.37. The maximum atomic E-state index is 13.8. The normalized spacial score (nSPS) is 18.5. The van der Waals surface area contributed by atoms with Crippen LogP contribution in [0.5, 0.6) is 5.75 Å². The molecule has 7 nitrogen and oxygen atoms in total. The van der Waals surface area contributed by atoms with Crippen LogP contribution in [-0.2, 0) is 9.59 Å². The number of carbonyl (C=O) groups excluding carboxylic acids is 2. The third kappa shape index (κ3) is 4.43. The molecule has 2 aliphatic heterocycles. The lowest BCUT2D eigenvalue weighted by molar-refractivity contribution is -0.113. The average molecular weight is 490 g/mol. The van der Waals surface area contributed by atoms with Crippen molar-refractivity contribution in [2.45, 2.75) is 0 Å². The predicted octanol–water partition coefficient (Wildman–Crippen LogP) is 4.81. The number of hydrogen-bond donors (Lipinski definition) is 1. The van der Waals surface area contributed by atoms with E-state index in [0.29, 0.717) is 27.6 Å². The first-order chi connectivity index (χ1) is 16.9. The third-order valence-corrected chi connectivity index (χ3v) is 6.18. The molecule has 0 bridgehead atoms. The first-order valence-electron chi connectivity index (χ1n) is 10.3. The molecular weight excluding hydrogens is 474 g/mol. The van der Waals surface area contributed by atoms with Gasteiger partial charge < -0.3 is 10.1 Å². The van der Waals surface area contributed by atoms with Crippen LogP contribution in [0.15, 0.2) is 81.8 Å². The first kappa shape index (κ1) is 22.5. The molecule has 3 aromatic rings. The SMILES string of the molecule is COc1cccc(N2C(=O)C(=Cc3ccc(F)cc3)SC2=NN=C2C(=O)Nc3ccc(F)cc32)c1. The highest BCUT2D eigenvalue weighted by Gasteiger charge is 2.35. The van der Waals surface area contributed by atoms with Crippen LogP contribution in [0.4, 0.5) is 20.2 Å². The highest BCUT2D eigenvalue weighted by molar-refractivity contribution is 8.19. The molecule has 0 atom stereocenters. The molecule has 2 amide bonds. The number of nitrogens with one attached hydrogen (secondary N) is 1. The van der Waals surface area contributed by atoms with Crippen molar-refractivity contribution in [3.8, 4) is 5.75 Å². The lowest BCUT2D eigenvalue weighted by Crippen LogP contribution is -2.28. The molecule has 1 saturated heterocycles. The Morgan fingerprint density at radius 1 is 0.971 bits per heavy atom. The summed E-state index contributed by atoms with van der Waals surface area (Å²) in [5, 5.41) is 11.1. The van der Waals surface area contributed by atoms with Crippen LogP contribution >= 0.6 is 11.8 Å². The van der Waals surface area contributed by atoms with Crippen LogP contribution < -0.4 is 15.0 Å². The van der Waals surface area contributed by atoms with Gasteiger partial charge in [0.2, 0.25) is 5.17 Å². The quantitative estimate of drug-likeness (QED) is 0.421. The Kier molecular flexibility index (Phi) is 5.87. The number of fused-ring (bicyclic) bond motifs is 1. The van der Waals surface area contributed by atoms with Gasteiger partial charge in [0, 0.05) is 11.6 Å². The van der Waals surface area contributed by atoms with Crippen molar-refractivity contribution < 1.29 is 23.1 Å². The van der Waals surface area contributed by atoms with Crippen LogP contribution in [0.3, 0.4) is 0 Å². The van der Waals surface area contributed by atoms with Gasteiger partial charge in [-0.2, -0.15) is 0 Å². The number of hydrogen-bond acceptors (Lipinski definition) is 6. The zero-order valence-corrected chi connectivity index (χ0v) is 19.0. The van der Waals surface area contributed by atoms with Crippen molar-refractivity contribution in [3.63, 3.8) is 0 Å². The minimum atomic E-state index is -0.528. The average Bonchev–Trinajstić information content (AvgIpc) is 3.33. The van der Waals surface area contributed by atoms with Gasteiger partial charge in [-0.05, 0) is 65.9 Å². The maximum Gasteiger partial charge on any atom is 0.276 e. The summed E-state index contributed by atoms with van der Waals surface area (Å²) >= 11 is 1.04. The van der Waals surface area contributed by atoms with Gasteiger partial charge >= 0.3 is 0 Å². The molecule has 3 aromatic carbocycles. The van der Waals surface area contributed by atoms with E-state index in [9.17, 15) is 18.4 Å². The Balaban J connectivity index is 1.58. The Labute approximate surface area is 202 Å². The van der Waals surface area contributed by atoms with E-state index in [1.807, 2.05) is 0 Å². The van der Waals surface area contributed by atoms with E-state index < -0.39 is 11.7 Å². The summed E-state index contributed by atoms with van der Waals surface area (Å²) in [5.74, 6) is -1.29. The molecule has 0 spiro atoms. The van der Waals surface area contributed by atoms with Crippen LogP contribution in [0.2, 0.25) is 0 Å². The third-order valence-electron chi connectivity index (χ3n) is 5.22. The zero-order chi connectivity index (χ0) is 24.5. The molecule has 35 heavy (non-hydrogen) atoms. The fourth-order valence-electron chi connectivity index (χ4n) is 3.55. The Hall–Kier alpha value is -4.31. The molecular formula is C25H16F2N4O3S. The second-order valence-corrected chi connectivity index (χ2v) is 8.49. The van der Waals surface area contributed by atoms with Crippen molar-refractivity contribution in [2.75, 3.05) is 17.3 Å². The van der Waals surface area contributed by atoms with Gasteiger partial charge in [0.1, 0.15) is 17.4 Å². The number of carbonyl (C=O) groups is 2. The number of nitrogens with zero attached hydrogens (tertiary/aromatic N) is 3. The second-order valence-electron chi connectivity index (χ2n) is 7.48. The maximum absolute atomic E-state index is 13.8. The number of thioether (sulfide) groups is 1. The number of halogens is 2. The number of amides is 2. The van der Waals surface area contributed by atoms with E-state index in [2.05, 4.69) is 15.5 Å². The van der Waals surface area contributed by atoms with Gasteiger partial charge in [-0.3, -0.25) is 14.5 Å². The van der Waals surface area contributed by atoms with Crippen LogP contribution in [-0.4, -0.2) is 29.8 Å². The lowest BCUT2D eigenvalue weighted by atomic mass is 10.1. The van der Waals surface area contributed by atoms with Crippen molar-refractivity contribution in [3.05, 3.63) is 94.4 Å². The summed E-state index contributed by atoms with van der Waals surface area (Å²) in [5.41, 5.74) is 1.74. The van der Waals surface area contributed by atoms with Crippen molar-refractivity contribution in [1.29, 1.82) is 0 Å². The Morgan fingerprint density at radius 2 is 1.74 bits per heavy atom. The molecule has 1 N–H and O–H groups in total. The number of anilines is 2. The molecule has 0 aromatic heterocycles. The van der Waals surface area contributed by atoms with Crippen LogP contribution in [0, 0.1) is 11.6 Å². The molecule has 0 aliphatic carbocycles. The molecule has 2 heterocycles. The number of rotatable bonds is 4. The van der Waals surface area contributed by atoms with E-state index >= 15 is 0 Å². The molecule has 10 heteroatoms. The summed E-state index contributed by atoms with van der Waals surface area (Å²) in [7, 11) is 1.51. The van der Waals surface area contributed by atoms with Gasteiger partial charge in [-0.15, -0.1) is 10.2 Å². The fraction of sp³-hybridized carbons (Fsp3) is 0.0400. The lowest BCUT2D eigenvalue weighted by Gasteiger charge is -2.15. The largest absolute Gasteiger partial charge is 0.497 e. The van der Waals surface area contributed by atoms with E-state index in [-0.39, 0.29) is 28.2 Å². The van der Waals surface area contributed by atoms with E-state index in [4.69, 9.17) is 4.74 Å². The van der Waals surface area contributed by atoms with Gasteiger partial charge in [-0.1, -0.05) is 18.2 Å². The first-order valence-corrected chi connectivity index (χ1v) is 11.1. The summed E-state index contributed by atoms with van der Waals surface area (Å²) in [6.45, 7) is 0. The molecule has 1 fully saturated rings. The molecule has 0 unspecified atom stereocenters. The van der Waals surface area contributed by atoms with E-state index in [0.717, 1.165) is 11.8 Å². The standard InChI is InChI=1S/C25H16F2N4O3S/c1-34-18-4-2-3-17(13-18)31-24(33)21(11-14-5-7-15(26)8-6-14)35-25(31)30-29-22-19-12-16(27)9-10-20(19)28-23(22)32/h2-13H,1H3,(H,28,29,32). The van der Waals surface area contributed by atoms with Gasteiger partial charge in [0.05, 0.1) is 23.4 Å². The minimum Gasteiger partial charge on any atom is -0.497 e. The summed E-state index contributed by atoms with van der Waals surface area (Å²) < 4.78 is 32.3. The zero-order valence-electron chi connectivity index (χ0n) is 18.2. The molecule has 5 rings (SSSR count). The predicted molar refractivity (Wildman–Crippen MR) is 131 cm³/mol. The van der Waals surface area contributed by atoms with Crippen LogP contribution in [0.1, 0.15) is 11.1 Å². The number of ether oxygens (including phenoxy) is 1. The molecule has 174 valence electrons. The van der Waals surface area contributed by atoms with Crippen molar-refractivity contribution in [2.24, 2.45) is 10.2 Å². The molecule has 0 radical (unpaired) electrons. The number of benzene rings is 3. The van der Waals surface area contributed by atoms with E-state index in [1.54, 1.807) is 42.5 Å². The summed E-state index contributed by atoms with van der Waals surface area (Å²) in [6.07, 6.45) is 1.61. The monoisotopic (exact) mass is 490 g/mol. The topological polar surface area (TPSA) is 83.4 Å². The molecule has 0 saturated carbocycles. The number of amidine groups is 1. The summed E-state index contributed by atoms with van der Waals surface area (Å²) in [4.78, 5) is 27.4. The van der Waals surface area contributed by atoms with Crippen molar-refractivity contribution >= 4 is 51.9 Å². The van der Waals surface area contributed by atoms with Crippen molar-refractivity contribution in [1.82, 2.24) is 0 Å². The molecule has 2 aliphatic rings. The highest BCUT2D eigenvalue weighted by atomic mass is 32.2. The van der Waals surface area contributed by atoms with Gasteiger partial charge in [0.15, 0.2) is 5.71 Å². The van der Waals surface area contributed by atoms with Gasteiger partial charge in [0.25, 0.3) is 11.8 Å². The number of methoxy groups -OCH3 is 1. The summed E-state index contributed by atoms with van der Waals surface area (Å²) in [6, 6.07) is 16.4. The second kappa shape index (κ2) is 9.15. The van der Waals surface area contributed by atoms with Crippen LogP contribution in [0.25, 0.3) is 6.08 Å². The Morgan fingerprint density at radius 3 is 2.51 bits per heavy atom. The smallest absolute Gasteiger partial charge is 0.276 e. The minimum absolute atomic E-state index is 0.0680. The van der Waals surface area contributed by atoms with Gasteiger partial charge in [-0.25, -0.2) is 8.78 Å². The Bertz CT molecular complexity index is 1450. The fourth-order valence-corrected chi connectivity index (χ4v) is 4.48. The van der Waals surface area contributed by atoms with E-state index in [1.165, 1.54) is 42.3 Å².